The molecule has 0 atom stereocenters. The second-order valence-corrected chi connectivity index (χ2v) is 4.60. The van der Waals surface area contributed by atoms with E-state index in [1.54, 1.807) is 13.0 Å². The maximum absolute atomic E-state index is 12.5. The summed E-state index contributed by atoms with van der Waals surface area (Å²) in [5, 5.41) is 2.68. The molecule has 0 unspecified atom stereocenters. The summed E-state index contributed by atoms with van der Waals surface area (Å²) in [6.45, 7) is 1.99. The van der Waals surface area contributed by atoms with E-state index in [9.17, 15) is 18.0 Å². The quantitative estimate of drug-likeness (QED) is 0.943. The Hall–Kier alpha value is -2.44. The number of benzene rings is 1. The van der Waals surface area contributed by atoms with Gasteiger partial charge in [-0.3, -0.25) is 4.79 Å². The van der Waals surface area contributed by atoms with E-state index in [-0.39, 0.29) is 12.5 Å². The number of nitrogens with zero attached hydrogens (tertiary/aromatic N) is 2. The van der Waals surface area contributed by atoms with Crippen molar-refractivity contribution >= 4 is 5.91 Å². The molecule has 22 heavy (non-hydrogen) atoms. The van der Waals surface area contributed by atoms with E-state index in [0.717, 1.165) is 12.1 Å². The normalized spacial score (nSPS) is 11.3. The average molecular weight is 309 g/mol. The van der Waals surface area contributed by atoms with Gasteiger partial charge in [-0.1, -0.05) is 19.1 Å². The van der Waals surface area contributed by atoms with E-state index >= 15 is 0 Å². The second kappa shape index (κ2) is 6.55. The fraction of sp³-hybridized carbons (Fsp3) is 0.267. The van der Waals surface area contributed by atoms with Crippen molar-refractivity contribution in [2.45, 2.75) is 26.1 Å². The maximum atomic E-state index is 12.5. The molecular weight excluding hydrogens is 295 g/mol. The van der Waals surface area contributed by atoms with Gasteiger partial charge in [-0.2, -0.15) is 13.2 Å². The van der Waals surface area contributed by atoms with Gasteiger partial charge in [0.1, 0.15) is 6.33 Å². The van der Waals surface area contributed by atoms with Crippen molar-refractivity contribution in [1.82, 2.24) is 15.3 Å². The Morgan fingerprint density at radius 2 is 1.86 bits per heavy atom. The number of nitrogens with one attached hydrogen (secondary N) is 1. The van der Waals surface area contributed by atoms with Crippen molar-refractivity contribution in [2.24, 2.45) is 0 Å². The number of halogens is 3. The van der Waals surface area contributed by atoms with Crippen LogP contribution in [-0.2, 0) is 17.5 Å². The molecule has 0 aliphatic carbocycles. The van der Waals surface area contributed by atoms with Crippen LogP contribution in [0.2, 0.25) is 0 Å². The number of hydrogen-bond donors (Lipinski definition) is 1. The van der Waals surface area contributed by atoms with Crippen molar-refractivity contribution < 1.29 is 18.0 Å². The predicted molar refractivity (Wildman–Crippen MR) is 74.6 cm³/mol. The first-order chi connectivity index (χ1) is 10.4. The van der Waals surface area contributed by atoms with Crippen molar-refractivity contribution in [3.05, 3.63) is 47.9 Å². The number of amides is 1. The molecule has 1 aromatic carbocycles. The molecule has 0 saturated carbocycles. The first-order valence-electron chi connectivity index (χ1n) is 6.65. The largest absolute Gasteiger partial charge is 0.416 e. The van der Waals surface area contributed by atoms with Crippen LogP contribution in [0.4, 0.5) is 13.2 Å². The molecule has 0 saturated heterocycles. The van der Waals surface area contributed by atoms with Crippen molar-refractivity contribution in [2.75, 3.05) is 0 Å². The summed E-state index contributed by atoms with van der Waals surface area (Å²) in [5.74, 6) is -0.102. The molecule has 1 amide bonds. The molecule has 0 spiro atoms. The molecule has 0 radical (unpaired) electrons. The summed E-state index contributed by atoms with van der Waals surface area (Å²) in [4.78, 5) is 19.3. The maximum Gasteiger partial charge on any atom is 0.416 e. The lowest BCUT2D eigenvalue weighted by atomic mass is 10.1. The van der Waals surface area contributed by atoms with E-state index in [4.69, 9.17) is 0 Å². The zero-order valence-electron chi connectivity index (χ0n) is 11.8. The first-order valence-corrected chi connectivity index (χ1v) is 6.65. The van der Waals surface area contributed by atoms with E-state index in [1.165, 1.54) is 18.5 Å². The van der Waals surface area contributed by atoms with Gasteiger partial charge in [0.25, 0.3) is 0 Å². The molecule has 2 aromatic rings. The molecule has 0 fully saturated rings. The Morgan fingerprint density at radius 1 is 1.18 bits per heavy atom. The molecule has 0 bridgehead atoms. The van der Waals surface area contributed by atoms with Gasteiger partial charge >= 0.3 is 6.18 Å². The lowest BCUT2D eigenvalue weighted by Gasteiger charge is -2.08. The molecule has 116 valence electrons. The third-order valence-electron chi connectivity index (χ3n) is 3.02. The average Bonchev–Trinajstić information content (AvgIpc) is 2.52. The van der Waals surface area contributed by atoms with Crippen molar-refractivity contribution in [1.29, 1.82) is 0 Å². The predicted octanol–water partition coefficient (Wildman–Crippen LogP) is 3.19. The minimum atomic E-state index is -4.36. The molecule has 1 heterocycles. The highest BCUT2D eigenvalue weighted by molar-refractivity contribution is 5.75. The minimum Gasteiger partial charge on any atom is -0.350 e. The molecule has 1 N–H and O–H groups in total. The Labute approximate surface area is 125 Å². The highest BCUT2D eigenvalue weighted by atomic mass is 19.4. The highest BCUT2D eigenvalue weighted by Crippen LogP contribution is 2.30. The van der Waals surface area contributed by atoms with E-state index < -0.39 is 11.7 Å². The summed E-state index contributed by atoms with van der Waals surface area (Å²) >= 11 is 0. The first kappa shape index (κ1) is 15.9. The third-order valence-corrected chi connectivity index (χ3v) is 3.02. The molecule has 0 aliphatic heterocycles. The number of aromatic nitrogens is 2. The summed E-state index contributed by atoms with van der Waals surface area (Å²) < 4.78 is 37.6. The Balaban J connectivity index is 2.17. The van der Waals surface area contributed by atoms with Crippen LogP contribution in [0.15, 0.2) is 36.7 Å². The van der Waals surface area contributed by atoms with E-state index in [0.29, 0.717) is 23.4 Å². The van der Waals surface area contributed by atoms with Gasteiger partial charge in [-0.15, -0.1) is 0 Å². The Morgan fingerprint density at radius 3 is 2.45 bits per heavy atom. The van der Waals surface area contributed by atoms with E-state index in [2.05, 4.69) is 15.3 Å². The number of carbonyl (C=O) groups excluding carboxylic acids is 1. The molecule has 4 nitrogen and oxygen atoms in total. The third kappa shape index (κ3) is 4.03. The van der Waals surface area contributed by atoms with Gasteiger partial charge in [0.2, 0.25) is 5.91 Å². The second-order valence-electron chi connectivity index (χ2n) is 4.60. The van der Waals surface area contributed by atoms with Crippen LogP contribution >= 0.6 is 0 Å². The van der Waals surface area contributed by atoms with Crippen LogP contribution in [0.3, 0.4) is 0 Å². The number of carbonyl (C=O) groups is 1. The molecule has 1 aromatic heterocycles. The van der Waals surface area contributed by atoms with Gasteiger partial charge in [-0.05, 0) is 18.2 Å². The number of hydrogen-bond acceptors (Lipinski definition) is 3. The van der Waals surface area contributed by atoms with Gasteiger partial charge in [-0.25, -0.2) is 9.97 Å². The molecule has 0 aliphatic rings. The topological polar surface area (TPSA) is 54.9 Å². The van der Waals surface area contributed by atoms with Crippen LogP contribution in [-0.4, -0.2) is 15.9 Å². The Kier molecular flexibility index (Phi) is 4.75. The summed E-state index contributed by atoms with van der Waals surface area (Å²) in [7, 11) is 0. The van der Waals surface area contributed by atoms with Gasteiger partial charge < -0.3 is 5.32 Å². The van der Waals surface area contributed by atoms with Gasteiger partial charge in [0.05, 0.1) is 23.5 Å². The van der Waals surface area contributed by atoms with Crippen LogP contribution < -0.4 is 5.32 Å². The number of alkyl halides is 3. The fourth-order valence-corrected chi connectivity index (χ4v) is 1.80. The molecule has 2 rings (SSSR count). The molecule has 7 heteroatoms. The summed E-state index contributed by atoms with van der Waals surface area (Å²) in [6, 6.07) is 6.38. The zero-order valence-corrected chi connectivity index (χ0v) is 11.8. The Bertz CT molecular complexity index is 654. The summed E-state index contributed by atoms with van der Waals surface area (Å²) in [6.07, 6.45) is -2.67. The van der Waals surface area contributed by atoms with Crippen LogP contribution in [0.1, 0.15) is 24.6 Å². The molecular formula is C15H14F3N3O. The lowest BCUT2D eigenvalue weighted by molar-refractivity contribution is -0.137. The minimum absolute atomic E-state index is 0.102. The monoisotopic (exact) mass is 309 g/mol. The van der Waals surface area contributed by atoms with Gasteiger partial charge in [0.15, 0.2) is 0 Å². The summed E-state index contributed by atoms with van der Waals surface area (Å²) in [5.41, 5.74) is 0.940. The van der Waals surface area contributed by atoms with Crippen LogP contribution in [0, 0.1) is 0 Å². The highest BCUT2D eigenvalue weighted by Gasteiger charge is 2.29. The van der Waals surface area contributed by atoms with Crippen molar-refractivity contribution in [3.63, 3.8) is 0 Å². The SMILES string of the molecule is CCC(=O)NCc1cc(-c2ccc(C(F)(F)F)cc2)ncn1. The standard InChI is InChI=1S/C15H14F3N3O/c1-2-14(22)19-8-12-7-13(21-9-20-12)10-3-5-11(6-4-10)15(16,17)18/h3-7,9H,2,8H2,1H3,(H,19,22). The van der Waals surface area contributed by atoms with Crippen LogP contribution in [0.5, 0.6) is 0 Å². The van der Waals surface area contributed by atoms with Gasteiger partial charge in [0, 0.05) is 12.0 Å². The number of rotatable bonds is 4. The lowest BCUT2D eigenvalue weighted by Crippen LogP contribution is -2.22. The zero-order chi connectivity index (χ0) is 16.2. The van der Waals surface area contributed by atoms with Crippen molar-refractivity contribution in [3.8, 4) is 11.3 Å². The van der Waals surface area contributed by atoms with Crippen LogP contribution in [0.25, 0.3) is 11.3 Å². The fourth-order valence-electron chi connectivity index (χ4n) is 1.80. The smallest absolute Gasteiger partial charge is 0.350 e. The van der Waals surface area contributed by atoms with E-state index in [1.807, 2.05) is 0 Å².